The van der Waals surface area contributed by atoms with Gasteiger partial charge in [-0.3, -0.25) is 0 Å². The topological polar surface area (TPSA) is 59.5 Å². The number of anilines is 1. The van der Waals surface area contributed by atoms with Crippen LogP contribution in [0.2, 0.25) is 5.02 Å². The molecule has 1 saturated heterocycles. The zero-order chi connectivity index (χ0) is 20.2. The average molecular weight is 413 g/mol. The lowest BCUT2D eigenvalue weighted by Crippen LogP contribution is -2.35. The van der Waals surface area contributed by atoms with Gasteiger partial charge in [-0.25, -0.2) is 9.97 Å². The Morgan fingerprint density at radius 3 is 2.72 bits per heavy atom. The predicted molar refractivity (Wildman–Crippen MR) is 116 cm³/mol. The first-order valence-corrected chi connectivity index (χ1v) is 10.2. The second kappa shape index (κ2) is 8.84. The maximum Gasteiger partial charge on any atom is 0.162 e. The summed E-state index contributed by atoms with van der Waals surface area (Å²) in [5.41, 5.74) is 1.89. The number of fused-ring (bicyclic) bond motifs is 1. The first-order valence-electron chi connectivity index (χ1n) is 9.78. The molecule has 1 aliphatic heterocycles. The summed E-state index contributed by atoms with van der Waals surface area (Å²) >= 11 is 6.09. The van der Waals surface area contributed by atoms with Crippen LogP contribution in [-0.4, -0.2) is 48.2 Å². The largest absolute Gasteiger partial charge is 0.493 e. The third kappa shape index (κ3) is 4.71. The number of hydrogen-bond acceptors (Lipinski definition) is 6. The van der Waals surface area contributed by atoms with E-state index in [1.807, 2.05) is 36.4 Å². The Morgan fingerprint density at radius 1 is 1.14 bits per heavy atom. The van der Waals surface area contributed by atoms with Crippen molar-refractivity contribution in [2.45, 2.75) is 25.5 Å². The maximum absolute atomic E-state index is 6.31. The molecule has 152 valence electrons. The number of piperidine rings is 1. The Balaban J connectivity index is 1.60. The van der Waals surface area contributed by atoms with Gasteiger partial charge in [-0.2, -0.15) is 0 Å². The Morgan fingerprint density at radius 2 is 1.97 bits per heavy atom. The fourth-order valence-corrected chi connectivity index (χ4v) is 3.78. The van der Waals surface area contributed by atoms with Gasteiger partial charge in [-0.05, 0) is 43.7 Å². The van der Waals surface area contributed by atoms with Gasteiger partial charge in [-0.15, -0.1) is 0 Å². The lowest BCUT2D eigenvalue weighted by atomic mass is 10.1. The number of nitrogens with zero attached hydrogens (tertiary/aromatic N) is 3. The van der Waals surface area contributed by atoms with E-state index in [9.17, 15) is 0 Å². The molecular weight excluding hydrogens is 388 g/mol. The van der Waals surface area contributed by atoms with Crippen LogP contribution in [0.1, 0.15) is 18.4 Å². The highest BCUT2D eigenvalue weighted by Crippen LogP contribution is 2.35. The molecule has 0 amide bonds. The van der Waals surface area contributed by atoms with Crippen molar-refractivity contribution in [2.24, 2.45) is 0 Å². The molecule has 6 nitrogen and oxygen atoms in total. The van der Waals surface area contributed by atoms with Gasteiger partial charge in [-0.1, -0.05) is 23.7 Å². The first-order chi connectivity index (χ1) is 14.1. The van der Waals surface area contributed by atoms with Crippen molar-refractivity contribution in [2.75, 3.05) is 32.6 Å². The van der Waals surface area contributed by atoms with Crippen LogP contribution in [0.15, 0.2) is 42.7 Å². The summed E-state index contributed by atoms with van der Waals surface area (Å²) < 4.78 is 11.9. The normalized spacial score (nSPS) is 15.4. The number of benzene rings is 2. The minimum Gasteiger partial charge on any atom is -0.493 e. The SMILES string of the molecule is COc1cc2ncnc(NCc3cccc(Cl)c3)c2cc1OC1CCN(C)CC1. The second-order valence-electron chi connectivity index (χ2n) is 7.35. The van der Waals surface area contributed by atoms with Gasteiger partial charge >= 0.3 is 0 Å². The average Bonchev–Trinajstić information content (AvgIpc) is 2.73. The van der Waals surface area contributed by atoms with E-state index in [0.717, 1.165) is 59.0 Å². The number of methoxy groups -OCH3 is 1. The van der Waals surface area contributed by atoms with E-state index in [4.69, 9.17) is 21.1 Å². The first kappa shape index (κ1) is 19.7. The standard InChI is InChI=1S/C22H25ClN4O2/c1-27-8-6-17(7-9-27)29-21-11-18-19(12-20(21)28-2)25-14-26-22(18)24-13-15-4-3-5-16(23)10-15/h3-5,10-12,14,17H,6-9,13H2,1-2H3,(H,24,25,26). The number of halogens is 1. The molecule has 0 unspecified atom stereocenters. The van der Waals surface area contributed by atoms with Crippen molar-refractivity contribution in [3.63, 3.8) is 0 Å². The van der Waals surface area contributed by atoms with Crippen LogP contribution in [0.25, 0.3) is 10.9 Å². The molecule has 0 bridgehead atoms. The molecule has 0 aliphatic carbocycles. The Kier molecular flexibility index (Phi) is 6.02. The van der Waals surface area contributed by atoms with Gasteiger partial charge in [0, 0.05) is 36.1 Å². The summed E-state index contributed by atoms with van der Waals surface area (Å²) in [6.07, 6.45) is 3.75. The van der Waals surface area contributed by atoms with Crippen LogP contribution in [0, 0.1) is 0 Å². The quantitative estimate of drug-likeness (QED) is 0.648. The van der Waals surface area contributed by atoms with Crippen LogP contribution in [0.5, 0.6) is 11.5 Å². The van der Waals surface area contributed by atoms with Gasteiger partial charge in [0.15, 0.2) is 11.5 Å². The van der Waals surface area contributed by atoms with Crippen LogP contribution >= 0.6 is 11.6 Å². The molecule has 29 heavy (non-hydrogen) atoms. The Bertz CT molecular complexity index is 990. The van der Waals surface area contributed by atoms with E-state index in [2.05, 4.69) is 27.2 Å². The number of likely N-dealkylation sites (tertiary alicyclic amines) is 1. The molecule has 1 aromatic heterocycles. The van der Waals surface area contributed by atoms with E-state index in [-0.39, 0.29) is 6.10 Å². The molecule has 3 aromatic rings. The summed E-state index contributed by atoms with van der Waals surface area (Å²) in [6.45, 7) is 2.69. The molecule has 2 heterocycles. The Hall–Kier alpha value is -2.57. The van der Waals surface area contributed by atoms with Crippen molar-refractivity contribution < 1.29 is 9.47 Å². The van der Waals surface area contributed by atoms with E-state index in [0.29, 0.717) is 12.3 Å². The van der Waals surface area contributed by atoms with E-state index < -0.39 is 0 Å². The molecule has 0 spiro atoms. The summed E-state index contributed by atoms with van der Waals surface area (Å²) in [7, 11) is 3.80. The molecule has 0 atom stereocenters. The molecule has 1 aliphatic rings. The predicted octanol–water partition coefficient (Wildman–Crippen LogP) is 4.38. The second-order valence-corrected chi connectivity index (χ2v) is 7.78. The number of aromatic nitrogens is 2. The molecule has 4 rings (SSSR count). The number of ether oxygens (including phenoxy) is 2. The van der Waals surface area contributed by atoms with E-state index in [1.165, 1.54) is 0 Å². The molecule has 1 fully saturated rings. The van der Waals surface area contributed by atoms with Crippen LogP contribution in [0.3, 0.4) is 0 Å². The number of hydrogen-bond donors (Lipinski definition) is 1. The highest BCUT2D eigenvalue weighted by atomic mass is 35.5. The fourth-order valence-electron chi connectivity index (χ4n) is 3.57. The maximum atomic E-state index is 6.31. The summed E-state index contributed by atoms with van der Waals surface area (Å²) in [5.74, 6) is 2.18. The minimum atomic E-state index is 0.185. The van der Waals surface area contributed by atoms with Gasteiger partial charge in [0.05, 0.1) is 12.6 Å². The number of nitrogens with one attached hydrogen (secondary N) is 1. The molecule has 7 heteroatoms. The van der Waals surface area contributed by atoms with Crippen LogP contribution < -0.4 is 14.8 Å². The van der Waals surface area contributed by atoms with Crippen LogP contribution in [0.4, 0.5) is 5.82 Å². The molecule has 2 aromatic carbocycles. The highest BCUT2D eigenvalue weighted by molar-refractivity contribution is 6.30. The fraction of sp³-hybridized carbons (Fsp3) is 0.364. The van der Waals surface area contributed by atoms with Crippen molar-refractivity contribution in [1.29, 1.82) is 0 Å². The monoisotopic (exact) mass is 412 g/mol. The smallest absolute Gasteiger partial charge is 0.162 e. The zero-order valence-electron chi connectivity index (χ0n) is 16.7. The third-order valence-electron chi connectivity index (χ3n) is 5.23. The lowest BCUT2D eigenvalue weighted by molar-refractivity contribution is 0.111. The molecule has 0 saturated carbocycles. The van der Waals surface area contributed by atoms with Gasteiger partial charge < -0.3 is 19.7 Å². The zero-order valence-corrected chi connectivity index (χ0v) is 17.4. The Labute approximate surface area is 175 Å². The highest BCUT2D eigenvalue weighted by Gasteiger charge is 2.20. The van der Waals surface area contributed by atoms with Gasteiger partial charge in [0.1, 0.15) is 18.2 Å². The summed E-state index contributed by atoms with van der Waals surface area (Å²) in [6, 6.07) is 11.7. The lowest BCUT2D eigenvalue weighted by Gasteiger charge is -2.29. The summed E-state index contributed by atoms with van der Waals surface area (Å²) in [5, 5.41) is 5.01. The molecule has 0 radical (unpaired) electrons. The summed E-state index contributed by atoms with van der Waals surface area (Å²) in [4.78, 5) is 11.2. The number of rotatable bonds is 6. The molecular formula is C22H25ClN4O2. The van der Waals surface area contributed by atoms with Crippen molar-refractivity contribution in [3.05, 3.63) is 53.3 Å². The van der Waals surface area contributed by atoms with Crippen LogP contribution in [-0.2, 0) is 6.54 Å². The third-order valence-corrected chi connectivity index (χ3v) is 5.46. The molecule has 1 N–H and O–H groups in total. The van der Waals surface area contributed by atoms with Crippen molar-refractivity contribution in [1.82, 2.24) is 14.9 Å². The van der Waals surface area contributed by atoms with Crippen molar-refractivity contribution >= 4 is 28.3 Å². The van der Waals surface area contributed by atoms with Gasteiger partial charge in [0.2, 0.25) is 0 Å². The van der Waals surface area contributed by atoms with E-state index >= 15 is 0 Å². The minimum absolute atomic E-state index is 0.185. The van der Waals surface area contributed by atoms with Gasteiger partial charge in [0.25, 0.3) is 0 Å². The van der Waals surface area contributed by atoms with Crippen molar-refractivity contribution in [3.8, 4) is 11.5 Å². The van der Waals surface area contributed by atoms with E-state index in [1.54, 1.807) is 13.4 Å².